The van der Waals surface area contributed by atoms with E-state index in [-0.39, 0.29) is 18.3 Å². The highest BCUT2D eigenvalue weighted by Crippen LogP contribution is 2.28. The van der Waals surface area contributed by atoms with Crippen molar-refractivity contribution in [1.29, 1.82) is 0 Å². The van der Waals surface area contributed by atoms with Gasteiger partial charge in [0.15, 0.2) is 0 Å². The quantitative estimate of drug-likeness (QED) is 0.0662. The van der Waals surface area contributed by atoms with Crippen molar-refractivity contribution in [3.05, 3.63) is 78.4 Å². The molecule has 256 valence electrons. The molecule has 3 amide bonds. The van der Waals surface area contributed by atoms with Crippen LogP contribution in [-0.4, -0.2) is 35.2 Å². The summed E-state index contributed by atoms with van der Waals surface area (Å²) >= 11 is 0. The van der Waals surface area contributed by atoms with Crippen LogP contribution in [0.4, 0.5) is 4.79 Å². The number of amides is 3. The third kappa shape index (κ3) is 15.8. The van der Waals surface area contributed by atoms with Crippen molar-refractivity contribution >= 4 is 11.9 Å². The largest absolute Gasteiger partial charge is 0.508 e. The van der Waals surface area contributed by atoms with Crippen LogP contribution >= 0.6 is 0 Å². The minimum Gasteiger partial charge on any atom is -0.508 e. The van der Waals surface area contributed by atoms with Crippen LogP contribution in [0.1, 0.15) is 120 Å². The van der Waals surface area contributed by atoms with E-state index >= 15 is 0 Å². The Morgan fingerprint density at radius 1 is 0.596 bits per heavy atom. The van der Waals surface area contributed by atoms with Gasteiger partial charge < -0.3 is 30.5 Å². The molecule has 3 aromatic rings. The van der Waals surface area contributed by atoms with Gasteiger partial charge in [-0.15, -0.1) is 0 Å². The van der Waals surface area contributed by atoms with Crippen molar-refractivity contribution in [1.82, 2.24) is 10.2 Å². The minimum atomic E-state index is -0.533. The summed E-state index contributed by atoms with van der Waals surface area (Å²) in [6.45, 7) is 2.87. The second-order valence-corrected chi connectivity index (χ2v) is 12.3. The van der Waals surface area contributed by atoms with Crippen molar-refractivity contribution in [3.63, 3.8) is 0 Å². The molecule has 0 aliphatic carbocycles. The van der Waals surface area contributed by atoms with Crippen molar-refractivity contribution in [3.8, 4) is 28.7 Å². The summed E-state index contributed by atoms with van der Waals surface area (Å²) in [5.41, 5.74) is 6.04. The third-order valence-corrected chi connectivity index (χ3v) is 8.27. The Balaban J connectivity index is 1.25. The van der Waals surface area contributed by atoms with Crippen LogP contribution in [0, 0.1) is 0 Å². The fourth-order valence-electron chi connectivity index (χ4n) is 5.42. The molecule has 3 aromatic carbocycles. The van der Waals surface area contributed by atoms with E-state index < -0.39 is 6.03 Å². The zero-order valence-electron chi connectivity index (χ0n) is 28.3. The Morgan fingerprint density at radius 3 is 1.36 bits per heavy atom. The molecular weight excluding hydrogens is 590 g/mol. The number of hydrogen-bond donors (Lipinski definition) is 3. The average Bonchev–Trinajstić information content (AvgIpc) is 3.08. The Labute approximate surface area is 281 Å². The second-order valence-electron chi connectivity index (χ2n) is 12.3. The van der Waals surface area contributed by atoms with Crippen LogP contribution in [0.15, 0.2) is 72.8 Å². The molecule has 0 saturated heterocycles. The summed E-state index contributed by atoms with van der Waals surface area (Å²) < 4.78 is 11.7. The molecule has 3 rings (SSSR count). The molecule has 0 saturated carbocycles. The number of unbranched alkanes of at least 4 members (excludes halogenated alkanes) is 15. The summed E-state index contributed by atoms with van der Waals surface area (Å²) in [7, 11) is 0. The van der Waals surface area contributed by atoms with Crippen LogP contribution < -0.4 is 20.5 Å². The smallest absolute Gasteiger partial charge is 0.316 e. The first kappa shape index (κ1) is 37.3. The zero-order valence-corrected chi connectivity index (χ0v) is 28.3. The highest BCUT2D eigenvalue weighted by Gasteiger charge is 2.12. The number of ether oxygens (including phenoxy) is 2. The molecule has 0 aliphatic heterocycles. The van der Waals surface area contributed by atoms with E-state index in [9.17, 15) is 14.7 Å². The van der Waals surface area contributed by atoms with Gasteiger partial charge in [-0.25, -0.2) is 4.79 Å². The molecule has 0 fully saturated rings. The summed E-state index contributed by atoms with van der Waals surface area (Å²) in [5, 5.41) is 12.2. The lowest BCUT2D eigenvalue weighted by Gasteiger charge is -2.21. The number of carbonyl (C=O) groups excluding carboxylic acids is 2. The summed E-state index contributed by atoms with van der Waals surface area (Å²) in [6.07, 6.45) is 20.7. The Bertz CT molecular complexity index is 1280. The SMILES string of the molecule is CCCCCCCCCCCCCCCCCCN(CNC(=O)c1ccc(Oc2ccc(Oc3ccc(O)cc3)cc2)cc1)C(N)=O. The van der Waals surface area contributed by atoms with Crippen molar-refractivity contribution in [2.75, 3.05) is 13.2 Å². The van der Waals surface area contributed by atoms with Crippen LogP contribution in [0.3, 0.4) is 0 Å². The lowest BCUT2D eigenvalue weighted by atomic mass is 10.0. The Morgan fingerprint density at radius 2 is 0.957 bits per heavy atom. The fraction of sp³-hybridized carbons (Fsp3) is 0.487. The van der Waals surface area contributed by atoms with Gasteiger partial charge in [-0.1, -0.05) is 103 Å². The standard InChI is InChI=1S/C39H55N3O5/c1-2-3-4-5-6-7-8-9-10-11-12-13-14-15-16-17-30-42(39(40)45)31-41-38(44)32-18-22-34(23-19-32)46-36-26-28-37(29-27-36)47-35-24-20-33(43)21-25-35/h18-29,43H,2-17,30-31H2,1H3,(H2,40,45)(H,41,44). The van der Waals surface area contributed by atoms with E-state index in [1.165, 1.54) is 88.4 Å². The van der Waals surface area contributed by atoms with Crippen molar-refractivity contribution in [2.45, 2.75) is 110 Å². The molecular formula is C39H55N3O5. The van der Waals surface area contributed by atoms with Gasteiger partial charge >= 0.3 is 6.03 Å². The first-order chi connectivity index (χ1) is 22.9. The number of aromatic hydroxyl groups is 1. The number of nitrogens with zero attached hydrogens (tertiary/aromatic N) is 1. The number of primary amides is 1. The van der Waals surface area contributed by atoms with Crippen molar-refractivity contribution in [2.24, 2.45) is 5.73 Å². The predicted octanol–water partition coefficient (Wildman–Crippen LogP) is 10.3. The van der Waals surface area contributed by atoms with Gasteiger partial charge in [0, 0.05) is 12.1 Å². The fourth-order valence-corrected chi connectivity index (χ4v) is 5.42. The average molecular weight is 646 g/mol. The number of nitrogens with two attached hydrogens (primary N) is 1. The number of phenolic OH excluding ortho intramolecular Hbond substituents is 1. The van der Waals surface area contributed by atoms with Crippen LogP contribution in [0.5, 0.6) is 28.7 Å². The summed E-state index contributed by atoms with van der Waals surface area (Å²) in [4.78, 5) is 26.1. The minimum absolute atomic E-state index is 0.0731. The number of hydrogen-bond acceptors (Lipinski definition) is 5. The maximum Gasteiger partial charge on any atom is 0.316 e. The Hall–Kier alpha value is -4.20. The van der Waals surface area contributed by atoms with E-state index in [0.717, 1.165) is 19.3 Å². The van der Waals surface area contributed by atoms with Crippen molar-refractivity contribution < 1.29 is 24.2 Å². The first-order valence-electron chi connectivity index (χ1n) is 17.6. The molecule has 47 heavy (non-hydrogen) atoms. The van der Waals surface area contributed by atoms with E-state index in [2.05, 4.69) is 12.2 Å². The molecule has 4 N–H and O–H groups in total. The zero-order chi connectivity index (χ0) is 33.5. The number of rotatable bonds is 24. The van der Waals surface area contributed by atoms with Gasteiger partial charge in [-0.2, -0.15) is 0 Å². The number of urea groups is 1. The molecule has 0 unspecified atom stereocenters. The topological polar surface area (TPSA) is 114 Å². The van der Waals surface area contributed by atoms with Gasteiger partial charge in [0.1, 0.15) is 28.7 Å². The normalized spacial score (nSPS) is 10.8. The van der Waals surface area contributed by atoms with E-state index in [4.69, 9.17) is 15.2 Å². The lowest BCUT2D eigenvalue weighted by molar-refractivity contribution is 0.0932. The van der Waals surface area contributed by atoms with E-state index in [1.807, 2.05) is 0 Å². The van der Waals surface area contributed by atoms with Gasteiger partial charge in [0.05, 0.1) is 6.67 Å². The number of carbonyl (C=O) groups is 2. The van der Waals surface area contributed by atoms with Crippen LogP contribution in [-0.2, 0) is 0 Å². The number of benzene rings is 3. The van der Waals surface area contributed by atoms with Crippen LogP contribution in [0.2, 0.25) is 0 Å². The molecule has 0 aliphatic rings. The molecule has 8 heteroatoms. The van der Waals surface area contributed by atoms with E-state index in [0.29, 0.717) is 35.1 Å². The Kier molecular flexibility index (Phi) is 17.7. The number of nitrogens with one attached hydrogen (secondary N) is 1. The maximum absolute atomic E-state index is 12.7. The van der Waals surface area contributed by atoms with Gasteiger partial charge in [0.2, 0.25) is 0 Å². The van der Waals surface area contributed by atoms with Gasteiger partial charge in [0.25, 0.3) is 5.91 Å². The number of phenols is 1. The summed E-state index contributed by atoms with van der Waals surface area (Å²) in [6, 6.07) is 19.9. The first-order valence-corrected chi connectivity index (χ1v) is 17.6. The molecule has 0 radical (unpaired) electrons. The molecule has 0 bridgehead atoms. The van der Waals surface area contributed by atoms with Gasteiger partial charge in [-0.05, 0) is 79.2 Å². The van der Waals surface area contributed by atoms with Gasteiger partial charge in [-0.3, -0.25) is 4.79 Å². The highest BCUT2D eigenvalue weighted by atomic mass is 16.5. The predicted molar refractivity (Wildman–Crippen MR) is 189 cm³/mol. The molecule has 0 heterocycles. The third-order valence-electron chi connectivity index (χ3n) is 8.27. The molecule has 8 nitrogen and oxygen atoms in total. The molecule has 0 atom stereocenters. The maximum atomic E-state index is 12.7. The monoisotopic (exact) mass is 645 g/mol. The highest BCUT2D eigenvalue weighted by molar-refractivity contribution is 5.94. The molecule has 0 spiro atoms. The molecule has 0 aromatic heterocycles. The summed E-state index contributed by atoms with van der Waals surface area (Å²) in [5.74, 6) is 2.34. The van der Waals surface area contributed by atoms with Crippen LogP contribution in [0.25, 0.3) is 0 Å². The lowest BCUT2D eigenvalue weighted by Crippen LogP contribution is -2.44. The second kappa shape index (κ2) is 22.3. The van der Waals surface area contributed by atoms with E-state index in [1.54, 1.807) is 72.8 Å².